The third-order valence-electron chi connectivity index (χ3n) is 5.80. The summed E-state index contributed by atoms with van der Waals surface area (Å²) < 4.78 is 0. The summed E-state index contributed by atoms with van der Waals surface area (Å²) in [4.78, 5) is 24.0. The van der Waals surface area contributed by atoms with Crippen LogP contribution in [0, 0.1) is 11.8 Å². The molecule has 0 bridgehead atoms. The SMILES string of the molecule is C[C@H](/C=C/C1=CCC(=O)[C@@H]1C/C=C\CCCC(=O)NC(CO)CO)CCc1ccccc1. The second kappa shape index (κ2) is 14.5. The van der Waals surface area contributed by atoms with Gasteiger partial charge in [0.15, 0.2) is 0 Å². The summed E-state index contributed by atoms with van der Waals surface area (Å²) in [6.45, 7) is 1.67. The summed E-state index contributed by atoms with van der Waals surface area (Å²) in [6, 6.07) is 9.90. The fourth-order valence-electron chi connectivity index (χ4n) is 3.73. The van der Waals surface area contributed by atoms with Gasteiger partial charge in [-0.1, -0.05) is 67.6 Å². The van der Waals surface area contributed by atoms with Crippen molar-refractivity contribution in [2.24, 2.45) is 11.8 Å². The van der Waals surface area contributed by atoms with E-state index in [4.69, 9.17) is 10.2 Å². The van der Waals surface area contributed by atoms with Crippen LogP contribution in [-0.2, 0) is 16.0 Å². The van der Waals surface area contributed by atoms with Gasteiger partial charge in [-0.3, -0.25) is 9.59 Å². The van der Waals surface area contributed by atoms with Gasteiger partial charge in [-0.2, -0.15) is 0 Å². The Bertz CT molecular complexity index is 793. The third-order valence-corrected chi connectivity index (χ3v) is 5.80. The molecular formula is C27H37NO4. The fraction of sp³-hybridized carbons (Fsp3) is 0.481. The molecule has 5 nitrogen and oxygen atoms in total. The smallest absolute Gasteiger partial charge is 0.220 e. The van der Waals surface area contributed by atoms with Gasteiger partial charge >= 0.3 is 0 Å². The highest BCUT2D eigenvalue weighted by atomic mass is 16.3. The number of aliphatic hydroxyl groups is 2. The zero-order chi connectivity index (χ0) is 23.2. The van der Waals surface area contributed by atoms with Crippen molar-refractivity contribution in [3.05, 3.63) is 71.8 Å². The van der Waals surface area contributed by atoms with Gasteiger partial charge in [0, 0.05) is 18.8 Å². The van der Waals surface area contributed by atoms with E-state index in [1.54, 1.807) is 0 Å². The van der Waals surface area contributed by atoms with Gasteiger partial charge in [0.1, 0.15) is 5.78 Å². The first-order chi connectivity index (χ1) is 15.5. The van der Waals surface area contributed by atoms with Crippen molar-refractivity contribution in [3.8, 4) is 0 Å². The number of ketones is 1. The average molecular weight is 440 g/mol. The number of aryl methyl sites for hydroxylation is 1. The van der Waals surface area contributed by atoms with Crippen molar-refractivity contribution in [1.82, 2.24) is 5.32 Å². The number of carbonyl (C=O) groups is 2. The van der Waals surface area contributed by atoms with Crippen LogP contribution >= 0.6 is 0 Å². The number of hydrogen-bond acceptors (Lipinski definition) is 4. The van der Waals surface area contributed by atoms with Gasteiger partial charge in [0.25, 0.3) is 0 Å². The van der Waals surface area contributed by atoms with Crippen molar-refractivity contribution in [1.29, 1.82) is 0 Å². The van der Waals surface area contributed by atoms with Crippen LogP contribution in [0.25, 0.3) is 0 Å². The second-order valence-corrected chi connectivity index (χ2v) is 8.52. The van der Waals surface area contributed by atoms with E-state index in [1.165, 1.54) is 5.56 Å². The molecular weight excluding hydrogens is 402 g/mol. The van der Waals surface area contributed by atoms with Crippen LogP contribution in [0.4, 0.5) is 0 Å². The highest BCUT2D eigenvalue weighted by Crippen LogP contribution is 2.28. The van der Waals surface area contributed by atoms with Crippen LogP contribution in [0.15, 0.2) is 66.3 Å². The molecule has 0 aliphatic heterocycles. The van der Waals surface area contributed by atoms with E-state index >= 15 is 0 Å². The maximum atomic E-state index is 12.3. The molecule has 0 saturated heterocycles. The molecule has 0 aromatic heterocycles. The Hall–Kier alpha value is -2.50. The van der Waals surface area contributed by atoms with Gasteiger partial charge in [0.2, 0.25) is 5.91 Å². The summed E-state index contributed by atoms with van der Waals surface area (Å²) in [5.74, 6) is 0.478. The Labute approximate surface area is 191 Å². The minimum atomic E-state index is -0.592. The molecule has 0 radical (unpaired) electrons. The number of aliphatic hydroxyl groups excluding tert-OH is 2. The Kier molecular flexibility index (Phi) is 11.7. The molecule has 0 saturated carbocycles. The first kappa shape index (κ1) is 25.8. The summed E-state index contributed by atoms with van der Waals surface area (Å²) in [6.07, 6.45) is 15.6. The average Bonchev–Trinajstić information content (AvgIpc) is 3.16. The number of carbonyl (C=O) groups excluding carboxylic acids is 2. The van der Waals surface area contributed by atoms with E-state index in [0.29, 0.717) is 31.6 Å². The lowest BCUT2D eigenvalue weighted by Gasteiger charge is -2.12. The van der Waals surface area contributed by atoms with Crippen LogP contribution in [0.5, 0.6) is 0 Å². The molecule has 32 heavy (non-hydrogen) atoms. The first-order valence-electron chi connectivity index (χ1n) is 11.6. The monoisotopic (exact) mass is 439 g/mol. The summed E-state index contributed by atoms with van der Waals surface area (Å²) in [5.41, 5.74) is 2.47. The van der Waals surface area contributed by atoms with E-state index in [-0.39, 0.29) is 30.8 Å². The molecule has 0 fully saturated rings. The van der Waals surface area contributed by atoms with Gasteiger partial charge in [-0.15, -0.1) is 0 Å². The Morgan fingerprint density at radius 1 is 1.19 bits per heavy atom. The topological polar surface area (TPSA) is 86.6 Å². The largest absolute Gasteiger partial charge is 0.394 e. The van der Waals surface area contributed by atoms with Gasteiger partial charge < -0.3 is 15.5 Å². The summed E-state index contributed by atoms with van der Waals surface area (Å²) >= 11 is 0. The molecule has 0 unspecified atom stereocenters. The number of Topliss-reactive ketones (excluding diaryl/α,β-unsaturated/α-hetero) is 1. The number of benzene rings is 1. The van der Waals surface area contributed by atoms with Crippen molar-refractivity contribution >= 4 is 11.7 Å². The predicted molar refractivity (Wildman–Crippen MR) is 128 cm³/mol. The summed E-state index contributed by atoms with van der Waals surface area (Å²) in [5, 5.41) is 20.5. The van der Waals surface area contributed by atoms with Crippen molar-refractivity contribution in [3.63, 3.8) is 0 Å². The van der Waals surface area contributed by atoms with Gasteiger partial charge in [-0.05, 0) is 49.2 Å². The lowest BCUT2D eigenvalue weighted by atomic mass is 9.94. The Balaban J connectivity index is 1.70. The lowest BCUT2D eigenvalue weighted by molar-refractivity contribution is -0.122. The molecule has 1 aromatic rings. The quantitative estimate of drug-likeness (QED) is 0.303. The van der Waals surface area contributed by atoms with E-state index < -0.39 is 6.04 Å². The maximum absolute atomic E-state index is 12.3. The van der Waals surface area contributed by atoms with Crippen molar-refractivity contribution in [2.75, 3.05) is 13.2 Å². The summed E-state index contributed by atoms with van der Waals surface area (Å²) in [7, 11) is 0. The van der Waals surface area contributed by atoms with Crippen LogP contribution in [0.2, 0.25) is 0 Å². The number of unbranched alkanes of at least 4 members (excludes halogenated alkanes) is 1. The zero-order valence-electron chi connectivity index (χ0n) is 19.1. The van der Waals surface area contributed by atoms with E-state index in [2.05, 4.69) is 48.7 Å². The molecule has 5 heteroatoms. The molecule has 2 atom stereocenters. The molecule has 3 N–H and O–H groups in total. The maximum Gasteiger partial charge on any atom is 0.220 e. The van der Waals surface area contributed by atoms with Crippen LogP contribution < -0.4 is 5.32 Å². The molecule has 1 aliphatic carbocycles. The highest BCUT2D eigenvalue weighted by Gasteiger charge is 2.24. The van der Waals surface area contributed by atoms with Gasteiger partial charge in [-0.25, -0.2) is 0 Å². The lowest BCUT2D eigenvalue weighted by Crippen LogP contribution is -2.39. The first-order valence-corrected chi connectivity index (χ1v) is 11.6. The highest BCUT2D eigenvalue weighted by molar-refractivity contribution is 5.89. The van der Waals surface area contributed by atoms with Crippen LogP contribution in [0.3, 0.4) is 0 Å². The molecule has 174 valence electrons. The molecule has 1 aliphatic rings. The molecule has 0 spiro atoms. The zero-order valence-corrected chi connectivity index (χ0v) is 19.1. The molecule has 1 amide bonds. The van der Waals surface area contributed by atoms with E-state index in [9.17, 15) is 9.59 Å². The number of allylic oxidation sites excluding steroid dienone is 6. The number of amides is 1. The second-order valence-electron chi connectivity index (χ2n) is 8.52. The minimum absolute atomic E-state index is 0.0676. The van der Waals surface area contributed by atoms with Crippen molar-refractivity contribution < 1.29 is 19.8 Å². The number of nitrogens with one attached hydrogen (secondary N) is 1. The van der Waals surface area contributed by atoms with Crippen LogP contribution in [-0.4, -0.2) is 41.2 Å². The molecule has 2 rings (SSSR count). The Morgan fingerprint density at radius 3 is 2.66 bits per heavy atom. The van der Waals surface area contributed by atoms with E-state index in [1.807, 2.05) is 24.3 Å². The van der Waals surface area contributed by atoms with E-state index in [0.717, 1.165) is 24.8 Å². The number of rotatable bonds is 14. The van der Waals surface area contributed by atoms with Crippen molar-refractivity contribution in [2.45, 2.75) is 57.9 Å². The third kappa shape index (κ3) is 9.33. The molecule has 1 aromatic carbocycles. The normalized spacial score (nSPS) is 17.4. The minimum Gasteiger partial charge on any atom is -0.394 e. The van der Waals surface area contributed by atoms with Gasteiger partial charge in [0.05, 0.1) is 19.3 Å². The standard InChI is InChI=1S/C27H37NO4/c1-21(13-15-22-9-5-4-6-10-22)14-16-23-17-18-26(31)25(23)11-7-2-3-8-12-27(32)28-24(19-29)20-30/h2,4-7,9-10,14,16-17,21,24-25,29-30H,3,8,11-13,15,18-20H2,1H3,(H,28,32)/b7-2-,16-14+/t21-,25+/m0/s1. The van der Waals surface area contributed by atoms with Crippen LogP contribution in [0.1, 0.15) is 51.0 Å². The molecule has 0 heterocycles. The predicted octanol–water partition coefficient (Wildman–Crippen LogP) is 3.91. The number of hydrogen-bond donors (Lipinski definition) is 3. The Morgan fingerprint density at radius 2 is 1.94 bits per heavy atom. The fourth-order valence-corrected chi connectivity index (χ4v) is 3.73.